The third-order valence-electron chi connectivity index (χ3n) is 7.09. The summed E-state index contributed by atoms with van der Waals surface area (Å²) in [6.45, 7) is 14.5. The second-order valence-electron chi connectivity index (χ2n) is 10.9. The molecule has 174 valence electrons. The summed E-state index contributed by atoms with van der Waals surface area (Å²) in [5, 5.41) is 0. The third kappa shape index (κ3) is 4.12. The van der Waals surface area contributed by atoms with Crippen molar-refractivity contribution < 1.29 is 9.53 Å². The fourth-order valence-electron chi connectivity index (χ4n) is 4.97. The molecule has 5 heteroatoms. The molecule has 1 saturated heterocycles. The van der Waals surface area contributed by atoms with Gasteiger partial charge < -0.3 is 9.64 Å². The number of benzene rings is 1. The van der Waals surface area contributed by atoms with Crippen LogP contribution in [0.1, 0.15) is 92.6 Å². The lowest BCUT2D eigenvalue weighted by molar-refractivity contribution is 0.0648. The number of imidazole rings is 1. The summed E-state index contributed by atoms with van der Waals surface area (Å²) in [5.74, 6) is 1.86. The summed E-state index contributed by atoms with van der Waals surface area (Å²) in [6.07, 6.45) is 4.88. The second kappa shape index (κ2) is 8.66. The summed E-state index contributed by atoms with van der Waals surface area (Å²) in [5.41, 5.74) is 6.93. The molecule has 1 amide bonds. The quantitative estimate of drug-likeness (QED) is 0.653. The summed E-state index contributed by atoms with van der Waals surface area (Å²) >= 11 is 0. The maximum atomic E-state index is 13.5. The first-order valence-electron chi connectivity index (χ1n) is 12.2. The molecule has 0 N–H and O–H groups in total. The standard InChI is InChI=1S/C27H39N3O2/c1-8-18-14-19-9-10-22-24(26(31)29(7)27(4,5)6)28-25(20-11-12-32-16-20)30(22)23(19)15-21(18)13-17(2)3/h14-15,17,20H,8-13,16H2,1-7H3. The number of amides is 1. The van der Waals surface area contributed by atoms with E-state index >= 15 is 0 Å². The lowest BCUT2D eigenvalue weighted by atomic mass is 9.90. The number of aryl methyl sites for hydroxylation is 2. The van der Waals surface area contributed by atoms with Crippen LogP contribution in [-0.2, 0) is 30.4 Å². The van der Waals surface area contributed by atoms with Gasteiger partial charge in [0.1, 0.15) is 11.5 Å². The molecule has 1 unspecified atom stereocenters. The van der Waals surface area contributed by atoms with Gasteiger partial charge in [0.05, 0.1) is 18.0 Å². The van der Waals surface area contributed by atoms with E-state index in [4.69, 9.17) is 9.72 Å². The predicted molar refractivity (Wildman–Crippen MR) is 129 cm³/mol. The van der Waals surface area contributed by atoms with Crippen molar-refractivity contribution in [3.8, 4) is 5.69 Å². The van der Waals surface area contributed by atoms with Crippen LogP contribution >= 0.6 is 0 Å². The van der Waals surface area contributed by atoms with Gasteiger partial charge in [-0.2, -0.15) is 0 Å². The van der Waals surface area contributed by atoms with Crippen molar-refractivity contribution >= 4 is 5.91 Å². The highest BCUT2D eigenvalue weighted by Gasteiger charge is 2.35. The van der Waals surface area contributed by atoms with E-state index in [1.807, 2.05) is 11.9 Å². The first-order valence-corrected chi connectivity index (χ1v) is 12.2. The summed E-state index contributed by atoms with van der Waals surface area (Å²) < 4.78 is 8.05. The van der Waals surface area contributed by atoms with E-state index < -0.39 is 0 Å². The Morgan fingerprint density at radius 3 is 2.59 bits per heavy atom. The van der Waals surface area contributed by atoms with Crippen LogP contribution in [0.15, 0.2) is 12.1 Å². The summed E-state index contributed by atoms with van der Waals surface area (Å²) in [4.78, 5) is 20.4. The second-order valence-corrected chi connectivity index (χ2v) is 10.9. The van der Waals surface area contributed by atoms with Gasteiger partial charge in [0.15, 0.2) is 0 Å². The molecular formula is C27H39N3O2. The maximum absolute atomic E-state index is 13.5. The number of nitrogens with zero attached hydrogens (tertiary/aromatic N) is 3. The zero-order chi connectivity index (χ0) is 23.2. The zero-order valence-corrected chi connectivity index (χ0v) is 20.9. The Morgan fingerprint density at radius 1 is 1.25 bits per heavy atom. The average Bonchev–Trinajstić information content (AvgIpc) is 3.38. The average molecular weight is 438 g/mol. The Kier molecular flexibility index (Phi) is 6.23. The molecule has 2 aliphatic heterocycles. The Morgan fingerprint density at radius 2 is 2.00 bits per heavy atom. The monoisotopic (exact) mass is 437 g/mol. The smallest absolute Gasteiger partial charge is 0.274 e. The van der Waals surface area contributed by atoms with Crippen LogP contribution in [0.4, 0.5) is 0 Å². The molecule has 0 spiro atoms. The molecule has 0 saturated carbocycles. The topological polar surface area (TPSA) is 47.4 Å². The molecule has 2 aromatic rings. The largest absolute Gasteiger partial charge is 0.381 e. The molecule has 3 heterocycles. The molecular weight excluding hydrogens is 398 g/mol. The minimum atomic E-state index is -0.253. The molecule has 1 aromatic heterocycles. The van der Waals surface area contributed by atoms with Gasteiger partial charge >= 0.3 is 0 Å². The molecule has 4 rings (SSSR count). The highest BCUT2D eigenvalue weighted by atomic mass is 16.5. The molecule has 1 atom stereocenters. The van der Waals surface area contributed by atoms with Gasteiger partial charge in [0, 0.05) is 25.1 Å². The fraction of sp³-hybridized carbons (Fsp3) is 0.630. The van der Waals surface area contributed by atoms with Crippen LogP contribution in [0.25, 0.3) is 5.69 Å². The lowest BCUT2D eigenvalue weighted by Crippen LogP contribution is -2.43. The molecule has 1 fully saturated rings. The van der Waals surface area contributed by atoms with E-state index in [0.717, 1.165) is 50.2 Å². The number of ether oxygens (including phenoxy) is 1. The Balaban J connectivity index is 1.89. The van der Waals surface area contributed by atoms with Crippen molar-refractivity contribution in [2.45, 2.75) is 85.1 Å². The van der Waals surface area contributed by atoms with Gasteiger partial charge in [-0.1, -0.05) is 26.8 Å². The summed E-state index contributed by atoms with van der Waals surface area (Å²) in [7, 11) is 1.89. The highest BCUT2D eigenvalue weighted by molar-refractivity contribution is 5.94. The lowest BCUT2D eigenvalue weighted by Gasteiger charge is -2.32. The van der Waals surface area contributed by atoms with Crippen LogP contribution in [-0.4, -0.2) is 46.2 Å². The SMILES string of the molecule is CCc1cc2c(cc1CC(C)C)-n1c(C3CCOC3)nc(C(=O)N(C)C(C)(C)C)c1CC2. The van der Waals surface area contributed by atoms with Gasteiger partial charge in [-0.25, -0.2) is 4.98 Å². The molecule has 32 heavy (non-hydrogen) atoms. The van der Waals surface area contributed by atoms with E-state index in [1.54, 1.807) is 0 Å². The van der Waals surface area contributed by atoms with Crippen molar-refractivity contribution in [3.05, 3.63) is 46.0 Å². The molecule has 2 aliphatic rings. The van der Waals surface area contributed by atoms with Gasteiger partial charge in [0.25, 0.3) is 5.91 Å². The van der Waals surface area contributed by atoms with Crippen LogP contribution in [0.5, 0.6) is 0 Å². The van der Waals surface area contributed by atoms with Gasteiger partial charge in [-0.15, -0.1) is 0 Å². The van der Waals surface area contributed by atoms with Crippen LogP contribution in [0.3, 0.4) is 0 Å². The number of fused-ring (bicyclic) bond motifs is 3. The van der Waals surface area contributed by atoms with Crippen LogP contribution in [0.2, 0.25) is 0 Å². The molecule has 0 aliphatic carbocycles. The minimum Gasteiger partial charge on any atom is -0.381 e. The molecule has 0 radical (unpaired) electrons. The number of aromatic nitrogens is 2. The van der Waals surface area contributed by atoms with E-state index in [0.29, 0.717) is 18.2 Å². The summed E-state index contributed by atoms with van der Waals surface area (Å²) in [6, 6.07) is 4.80. The van der Waals surface area contributed by atoms with E-state index in [1.165, 1.54) is 22.4 Å². The minimum absolute atomic E-state index is 0.0162. The van der Waals surface area contributed by atoms with E-state index in [2.05, 4.69) is 58.2 Å². The van der Waals surface area contributed by atoms with Crippen molar-refractivity contribution in [1.29, 1.82) is 0 Å². The highest BCUT2D eigenvalue weighted by Crippen LogP contribution is 2.36. The number of hydrogen-bond donors (Lipinski definition) is 0. The van der Waals surface area contributed by atoms with E-state index in [9.17, 15) is 4.79 Å². The predicted octanol–water partition coefficient (Wildman–Crippen LogP) is 5.11. The normalized spacial score (nSPS) is 18.1. The van der Waals surface area contributed by atoms with Crippen molar-refractivity contribution in [3.63, 3.8) is 0 Å². The van der Waals surface area contributed by atoms with Gasteiger partial charge in [-0.05, 0) is 81.5 Å². The number of hydrogen-bond acceptors (Lipinski definition) is 3. The molecule has 5 nitrogen and oxygen atoms in total. The van der Waals surface area contributed by atoms with E-state index in [-0.39, 0.29) is 17.4 Å². The Labute approximate surface area is 193 Å². The first-order chi connectivity index (χ1) is 15.1. The van der Waals surface area contributed by atoms with Gasteiger partial charge in [0.2, 0.25) is 0 Å². The first kappa shape index (κ1) is 23.0. The number of rotatable bonds is 5. The third-order valence-corrected chi connectivity index (χ3v) is 7.09. The Hall–Kier alpha value is -2.14. The zero-order valence-electron chi connectivity index (χ0n) is 20.9. The van der Waals surface area contributed by atoms with Crippen molar-refractivity contribution in [1.82, 2.24) is 14.5 Å². The Bertz CT molecular complexity index is 1010. The van der Waals surface area contributed by atoms with Crippen LogP contribution in [0, 0.1) is 5.92 Å². The van der Waals surface area contributed by atoms with Crippen LogP contribution < -0.4 is 0 Å². The van der Waals surface area contributed by atoms with Crippen molar-refractivity contribution in [2.75, 3.05) is 20.3 Å². The maximum Gasteiger partial charge on any atom is 0.274 e. The van der Waals surface area contributed by atoms with Crippen molar-refractivity contribution in [2.24, 2.45) is 5.92 Å². The molecule has 1 aromatic carbocycles. The fourth-order valence-corrected chi connectivity index (χ4v) is 4.97. The molecule has 0 bridgehead atoms. The van der Waals surface area contributed by atoms with Gasteiger partial charge in [-0.3, -0.25) is 9.36 Å². The number of carbonyl (C=O) groups is 1. The number of carbonyl (C=O) groups excluding carboxylic acids is 1.